The molecule has 1 heterocycles. The topological polar surface area (TPSA) is 56.1 Å². The SMILES string of the molecule is COc1cccc(NC(=O)n2ncc3ccc(C)cc32)c1. The van der Waals surface area contributed by atoms with Crippen molar-refractivity contribution < 1.29 is 9.53 Å². The average Bonchev–Trinajstić information content (AvgIpc) is 2.90. The van der Waals surface area contributed by atoms with Crippen LogP contribution in [0.1, 0.15) is 5.56 Å². The molecule has 1 N–H and O–H groups in total. The number of nitrogens with one attached hydrogen (secondary N) is 1. The second-order valence-electron chi connectivity index (χ2n) is 4.78. The van der Waals surface area contributed by atoms with E-state index in [1.807, 2.05) is 37.3 Å². The lowest BCUT2D eigenvalue weighted by Gasteiger charge is -2.07. The minimum Gasteiger partial charge on any atom is -0.497 e. The fraction of sp³-hybridized carbons (Fsp3) is 0.125. The third kappa shape index (κ3) is 2.58. The van der Waals surface area contributed by atoms with Gasteiger partial charge in [0.25, 0.3) is 0 Å². The first kappa shape index (κ1) is 13.2. The lowest BCUT2D eigenvalue weighted by Crippen LogP contribution is -2.20. The van der Waals surface area contributed by atoms with Crippen molar-refractivity contribution in [2.75, 3.05) is 12.4 Å². The highest BCUT2D eigenvalue weighted by Crippen LogP contribution is 2.19. The molecule has 0 aliphatic carbocycles. The van der Waals surface area contributed by atoms with Crippen LogP contribution in [-0.2, 0) is 0 Å². The summed E-state index contributed by atoms with van der Waals surface area (Å²) in [6, 6.07) is 12.8. The third-order valence-corrected chi connectivity index (χ3v) is 3.24. The molecule has 5 heteroatoms. The highest BCUT2D eigenvalue weighted by Gasteiger charge is 2.11. The number of nitrogens with zero attached hydrogens (tertiary/aromatic N) is 2. The zero-order valence-corrected chi connectivity index (χ0v) is 11.8. The Kier molecular flexibility index (Phi) is 3.31. The van der Waals surface area contributed by atoms with Crippen molar-refractivity contribution in [3.8, 4) is 5.75 Å². The van der Waals surface area contributed by atoms with Crippen LogP contribution in [0.5, 0.6) is 5.75 Å². The number of carbonyl (C=O) groups excluding carboxylic acids is 1. The van der Waals surface area contributed by atoms with Crippen LogP contribution in [0.2, 0.25) is 0 Å². The zero-order chi connectivity index (χ0) is 14.8. The molecule has 3 rings (SSSR count). The van der Waals surface area contributed by atoms with Crippen molar-refractivity contribution in [3.05, 3.63) is 54.2 Å². The van der Waals surface area contributed by atoms with Crippen LogP contribution in [0.4, 0.5) is 10.5 Å². The van der Waals surface area contributed by atoms with Gasteiger partial charge in [0, 0.05) is 17.1 Å². The van der Waals surface area contributed by atoms with Crippen molar-refractivity contribution in [1.82, 2.24) is 9.78 Å². The zero-order valence-electron chi connectivity index (χ0n) is 11.8. The van der Waals surface area contributed by atoms with Gasteiger partial charge in [-0.05, 0) is 30.7 Å². The van der Waals surface area contributed by atoms with E-state index in [0.29, 0.717) is 11.4 Å². The van der Waals surface area contributed by atoms with E-state index in [9.17, 15) is 4.79 Å². The van der Waals surface area contributed by atoms with Crippen LogP contribution in [0.3, 0.4) is 0 Å². The minimum atomic E-state index is -0.302. The Bertz CT molecular complexity index is 808. The van der Waals surface area contributed by atoms with E-state index in [1.165, 1.54) is 4.68 Å². The Labute approximate surface area is 122 Å². The lowest BCUT2D eigenvalue weighted by molar-refractivity contribution is 0.252. The molecule has 1 amide bonds. The molecule has 0 atom stereocenters. The Balaban J connectivity index is 1.91. The number of ether oxygens (including phenoxy) is 1. The van der Waals surface area contributed by atoms with Gasteiger partial charge in [-0.15, -0.1) is 0 Å². The maximum atomic E-state index is 12.3. The number of benzene rings is 2. The largest absolute Gasteiger partial charge is 0.497 e. The second-order valence-corrected chi connectivity index (χ2v) is 4.78. The van der Waals surface area contributed by atoms with Gasteiger partial charge in [0.1, 0.15) is 5.75 Å². The number of amides is 1. The van der Waals surface area contributed by atoms with E-state index in [0.717, 1.165) is 16.5 Å². The van der Waals surface area contributed by atoms with Crippen LogP contribution in [0, 0.1) is 6.92 Å². The van der Waals surface area contributed by atoms with Crippen LogP contribution >= 0.6 is 0 Å². The van der Waals surface area contributed by atoms with E-state index in [-0.39, 0.29) is 6.03 Å². The molecule has 0 radical (unpaired) electrons. The van der Waals surface area contributed by atoms with Gasteiger partial charge in [-0.25, -0.2) is 4.79 Å². The summed E-state index contributed by atoms with van der Waals surface area (Å²) in [6.07, 6.45) is 1.68. The molecule has 0 unspecified atom stereocenters. The number of methoxy groups -OCH3 is 1. The monoisotopic (exact) mass is 281 g/mol. The average molecular weight is 281 g/mol. The number of fused-ring (bicyclic) bond motifs is 1. The van der Waals surface area contributed by atoms with Gasteiger partial charge in [-0.1, -0.05) is 18.2 Å². The van der Waals surface area contributed by atoms with E-state index in [4.69, 9.17) is 4.74 Å². The summed E-state index contributed by atoms with van der Waals surface area (Å²) in [5.74, 6) is 0.689. The molecular formula is C16H15N3O2. The standard InChI is InChI=1S/C16H15N3O2/c1-11-6-7-12-10-17-19(15(12)8-11)16(20)18-13-4-3-5-14(9-13)21-2/h3-10H,1-2H3,(H,18,20). The van der Waals surface area contributed by atoms with Crippen molar-refractivity contribution in [2.45, 2.75) is 6.92 Å². The highest BCUT2D eigenvalue weighted by molar-refractivity contribution is 5.97. The van der Waals surface area contributed by atoms with Crippen LogP contribution in [-0.4, -0.2) is 22.9 Å². The summed E-state index contributed by atoms with van der Waals surface area (Å²) in [6.45, 7) is 1.98. The Morgan fingerprint density at radius 1 is 1.24 bits per heavy atom. The first-order valence-electron chi connectivity index (χ1n) is 6.57. The van der Waals surface area contributed by atoms with Gasteiger partial charge < -0.3 is 10.1 Å². The first-order valence-corrected chi connectivity index (χ1v) is 6.57. The normalized spacial score (nSPS) is 10.6. The Morgan fingerprint density at radius 2 is 2.10 bits per heavy atom. The molecule has 0 aliphatic rings. The number of aryl methyl sites for hydroxylation is 1. The number of hydrogen-bond acceptors (Lipinski definition) is 3. The summed E-state index contributed by atoms with van der Waals surface area (Å²) in [5.41, 5.74) is 2.53. The maximum Gasteiger partial charge on any atom is 0.347 e. The smallest absolute Gasteiger partial charge is 0.347 e. The van der Waals surface area contributed by atoms with Gasteiger partial charge in [0.15, 0.2) is 0 Å². The molecule has 0 saturated carbocycles. The van der Waals surface area contributed by atoms with Gasteiger partial charge in [-0.2, -0.15) is 9.78 Å². The lowest BCUT2D eigenvalue weighted by atomic mass is 10.2. The minimum absolute atomic E-state index is 0.302. The molecule has 2 aromatic carbocycles. The van der Waals surface area contributed by atoms with Crippen molar-refractivity contribution in [2.24, 2.45) is 0 Å². The molecule has 0 spiro atoms. The third-order valence-electron chi connectivity index (χ3n) is 3.24. The molecule has 0 aliphatic heterocycles. The molecule has 5 nitrogen and oxygen atoms in total. The number of rotatable bonds is 2. The van der Waals surface area contributed by atoms with Crippen LogP contribution < -0.4 is 10.1 Å². The molecule has 3 aromatic rings. The summed E-state index contributed by atoms with van der Waals surface area (Å²) in [4.78, 5) is 12.3. The van der Waals surface area contributed by atoms with Crippen LogP contribution in [0.25, 0.3) is 10.9 Å². The molecule has 21 heavy (non-hydrogen) atoms. The van der Waals surface area contributed by atoms with Crippen molar-refractivity contribution >= 4 is 22.6 Å². The van der Waals surface area contributed by atoms with E-state index < -0.39 is 0 Å². The molecule has 1 aromatic heterocycles. The Morgan fingerprint density at radius 3 is 2.90 bits per heavy atom. The fourth-order valence-corrected chi connectivity index (χ4v) is 2.17. The number of hydrogen-bond donors (Lipinski definition) is 1. The predicted molar refractivity (Wildman–Crippen MR) is 81.9 cm³/mol. The van der Waals surface area contributed by atoms with Gasteiger partial charge >= 0.3 is 6.03 Å². The second kappa shape index (κ2) is 5.28. The summed E-state index contributed by atoms with van der Waals surface area (Å²) in [5, 5.41) is 7.89. The molecule has 0 fully saturated rings. The molecule has 0 bridgehead atoms. The Hall–Kier alpha value is -2.82. The summed E-state index contributed by atoms with van der Waals surface area (Å²) >= 11 is 0. The molecular weight excluding hydrogens is 266 g/mol. The van der Waals surface area contributed by atoms with Crippen molar-refractivity contribution in [3.63, 3.8) is 0 Å². The summed E-state index contributed by atoms with van der Waals surface area (Å²) in [7, 11) is 1.59. The first-order chi connectivity index (χ1) is 10.2. The number of carbonyl (C=O) groups is 1. The highest BCUT2D eigenvalue weighted by atomic mass is 16.5. The molecule has 106 valence electrons. The molecule has 0 saturated heterocycles. The quantitative estimate of drug-likeness (QED) is 0.783. The fourth-order valence-electron chi connectivity index (χ4n) is 2.17. The van der Waals surface area contributed by atoms with Gasteiger partial charge in [0.2, 0.25) is 0 Å². The van der Waals surface area contributed by atoms with E-state index in [1.54, 1.807) is 25.4 Å². The predicted octanol–water partition coefficient (Wildman–Crippen LogP) is 3.43. The van der Waals surface area contributed by atoms with Gasteiger partial charge in [0.05, 0.1) is 18.8 Å². The summed E-state index contributed by atoms with van der Waals surface area (Å²) < 4.78 is 6.50. The van der Waals surface area contributed by atoms with Gasteiger partial charge in [-0.3, -0.25) is 0 Å². The maximum absolute atomic E-state index is 12.3. The number of anilines is 1. The van der Waals surface area contributed by atoms with Crippen LogP contribution in [0.15, 0.2) is 48.7 Å². The van der Waals surface area contributed by atoms with Crippen molar-refractivity contribution in [1.29, 1.82) is 0 Å². The van der Waals surface area contributed by atoms with E-state index in [2.05, 4.69) is 10.4 Å². The van der Waals surface area contributed by atoms with E-state index >= 15 is 0 Å². The number of aromatic nitrogens is 2.